The first-order chi connectivity index (χ1) is 8.58. The fourth-order valence-corrected chi connectivity index (χ4v) is 1.78. The maximum absolute atomic E-state index is 13.5. The Balaban J connectivity index is 2.03. The van der Waals surface area contributed by atoms with Crippen molar-refractivity contribution in [2.24, 2.45) is 0 Å². The van der Waals surface area contributed by atoms with Crippen LogP contribution in [0.5, 0.6) is 0 Å². The number of hydrogen-bond acceptors (Lipinski definition) is 2. The summed E-state index contributed by atoms with van der Waals surface area (Å²) < 4.78 is 26.3. The molecule has 3 nitrogen and oxygen atoms in total. The van der Waals surface area contributed by atoms with E-state index in [1.54, 1.807) is 6.33 Å². The van der Waals surface area contributed by atoms with E-state index in [4.69, 9.17) is 0 Å². The van der Waals surface area contributed by atoms with E-state index in [1.165, 1.54) is 12.1 Å². The molecule has 1 unspecified atom stereocenters. The Hall–Kier alpha value is -1.75. The molecular formula is C13H15F2N3. The topological polar surface area (TPSA) is 40.7 Å². The summed E-state index contributed by atoms with van der Waals surface area (Å²) in [6.07, 6.45) is 1.62. The molecule has 0 spiro atoms. The highest BCUT2D eigenvalue weighted by atomic mass is 19.1. The number of aryl methyl sites for hydroxylation is 1. The number of imidazole rings is 1. The van der Waals surface area contributed by atoms with Crippen LogP contribution >= 0.6 is 0 Å². The Morgan fingerprint density at radius 3 is 2.78 bits per heavy atom. The van der Waals surface area contributed by atoms with Crippen LogP contribution in [0.4, 0.5) is 8.78 Å². The first-order valence-electron chi connectivity index (χ1n) is 5.75. The molecule has 0 radical (unpaired) electrons. The third-order valence-corrected chi connectivity index (χ3v) is 2.94. The molecule has 96 valence electrons. The third-order valence-electron chi connectivity index (χ3n) is 2.94. The summed E-state index contributed by atoms with van der Waals surface area (Å²) in [5.74, 6) is -1.10. The molecule has 0 fully saturated rings. The lowest BCUT2D eigenvalue weighted by molar-refractivity contribution is 0.515. The van der Waals surface area contributed by atoms with Crippen LogP contribution in [-0.4, -0.2) is 9.97 Å². The van der Waals surface area contributed by atoms with Crippen LogP contribution in [0, 0.1) is 18.6 Å². The maximum atomic E-state index is 13.5. The highest BCUT2D eigenvalue weighted by Crippen LogP contribution is 2.18. The van der Waals surface area contributed by atoms with Gasteiger partial charge in [-0.2, -0.15) is 0 Å². The number of rotatable bonds is 4. The zero-order valence-electron chi connectivity index (χ0n) is 10.3. The fraction of sp³-hybridized carbons (Fsp3) is 0.308. The Bertz CT molecular complexity index is 537. The van der Waals surface area contributed by atoms with Crippen molar-refractivity contribution in [3.63, 3.8) is 0 Å². The van der Waals surface area contributed by atoms with E-state index < -0.39 is 11.6 Å². The quantitative estimate of drug-likeness (QED) is 0.877. The molecule has 0 aliphatic carbocycles. The van der Waals surface area contributed by atoms with Gasteiger partial charge in [-0.15, -0.1) is 0 Å². The predicted octanol–water partition coefficient (Wildman–Crippen LogP) is 2.85. The molecule has 0 bridgehead atoms. The number of benzene rings is 1. The van der Waals surface area contributed by atoms with Gasteiger partial charge in [0.2, 0.25) is 0 Å². The molecule has 18 heavy (non-hydrogen) atoms. The van der Waals surface area contributed by atoms with Gasteiger partial charge in [-0.05, 0) is 19.9 Å². The van der Waals surface area contributed by atoms with Crippen molar-refractivity contribution in [2.75, 3.05) is 0 Å². The average molecular weight is 251 g/mol. The normalized spacial score (nSPS) is 12.7. The highest BCUT2D eigenvalue weighted by molar-refractivity contribution is 5.22. The van der Waals surface area contributed by atoms with Gasteiger partial charge >= 0.3 is 0 Å². The summed E-state index contributed by atoms with van der Waals surface area (Å²) in [4.78, 5) is 7.12. The Kier molecular flexibility index (Phi) is 3.72. The molecule has 0 saturated heterocycles. The Labute approximate surface area is 104 Å². The van der Waals surface area contributed by atoms with Gasteiger partial charge in [0.25, 0.3) is 0 Å². The highest BCUT2D eigenvalue weighted by Gasteiger charge is 2.12. The second-order valence-corrected chi connectivity index (χ2v) is 4.24. The lowest BCUT2D eigenvalue weighted by Crippen LogP contribution is -2.19. The van der Waals surface area contributed by atoms with E-state index in [0.29, 0.717) is 12.1 Å². The molecule has 0 saturated carbocycles. The Morgan fingerprint density at radius 2 is 2.17 bits per heavy atom. The van der Waals surface area contributed by atoms with Gasteiger partial charge in [0, 0.05) is 29.9 Å². The molecule has 2 N–H and O–H groups in total. The van der Waals surface area contributed by atoms with E-state index in [1.807, 2.05) is 13.8 Å². The molecule has 0 aliphatic rings. The SMILES string of the molecule is Cc1[nH]cnc1CNC(C)c1ccc(F)cc1F. The van der Waals surface area contributed by atoms with E-state index in [9.17, 15) is 8.78 Å². The van der Waals surface area contributed by atoms with Crippen LogP contribution in [0.2, 0.25) is 0 Å². The van der Waals surface area contributed by atoms with Crippen LogP contribution in [-0.2, 0) is 6.54 Å². The standard InChI is InChI=1S/C13H15F2N3/c1-8(11-4-3-10(14)5-12(11)15)16-6-13-9(2)17-7-18-13/h3-5,7-8,16H,6H2,1-2H3,(H,17,18). The second kappa shape index (κ2) is 5.27. The van der Waals surface area contributed by atoms with E-state index in [-0.39, 0.29) is 6.04 Å². The molecular weight excluding hydrogens is 236 g/mol. The molecule has 2 aromatic rings. The summed E-state index contributed by atoms with van der Waals surface area (Å²) in [7, 11) is 0. The van der Waals surface area contributed by atoms with Gasteiger partial charge in [-0.1, -0.05) is 6.07 Å². The summed E-state index contributed by atoms with van der Waals surface area (Å²) in [6.45, 7) is 4.29. The maximum Gasteiger partial charge on any atom is 0.130 e. The molecule has 1 aromatic heterocycles. The monoisotopic (exact) mass is 251 g/mol. The van der Waals surface area contributed by atoms with Crippen molar-refractivity contribution >= 4 is 0 Å². The van der Waals surface area contributed by atoms with Crippen LogP contribution in [0.15, 0.2) is 24.5 Å². The predicted molar refractivity (Wildman–Crippen MR) is 64.9 cm³/mol. The zero-order chi connectivity index (χ0) is 13.1. The number of aromatic amines is 1. The zero-order valence-corrected chi connectivity index (χ0v) is 10.3. The van der Waals surface area contributed by atoms with Gasteiger partial charge < -0.3 is 10.3 Å². The van der Waals surface area contributed by atoms with Crippen LogP contribution < -0.4 is 5.32 Å². The van der Waals surface area contributed by atoms with Crippen molar-refractivity contribution in [1.29, 1.82) is 0 Å². The number of nitrogens with zero attached hydrogens (tertiary/aromatic N) is 1. The molecule has 1 aromatic carbocycles. The summed E-state index contributed by atoms with van der Waals surface area (Å²) in [5, 5.41) is 3.16. The van der Waals surface area contributed by atoms with E-state index in [0.717, 1.165) is 17.5 Å². The van der Waals surface area contributed by atoms with Crippen LogP contribution in [0.3, 0.4) is 0 Å². The number of hydrogen-bond donors (Lipinski definition) is 2. The largest absolute Gasteiger partial charge is 0.348 e. The smallest absolute Gasteiger partial charge is 0.130 e. The summed E-state index contributed by atoms with van der Waals surface area (Å²) in [6, 6.07) is 3.41. The van der Waals surface area contributed by atoms with Gasteiger partial charge in [0.1, 0.15) is 11.6 Å². The molecule has 2 rings (SSSR count). The lowest BCUT2D eigenvalue weighted by Gasteiger charge is -2.14. The molecule has 1 heterocycles. The number of H-pyrrole nitrogens is 1. The van der Waals surface area contributed by atoms with E-state index in [2.05, 4.69) is 15.3 Å². The van der Waals surface area contributed by atoms with Crippen LogP contribution in [0.1, 0.15) is 29.9 Å². The third kappa shape index (κ3) is 2.73. The minimum atomic E-state index is -0.563. The fourth-order valence-electron chi connectivity index (χ4n) is 1.78. The molecule has 0 amide bonds. The van der Waals surface area contributed by atoms with Crippen molar-refractivity contribution in [2.45, 2.75) is 26.4 Å². The average Bonchev–Trinajstić information content (AvgIpc) is 2.72. The van der Waals surface area contributed by atoms with Gasteiger partial charge in [-0.25, -0.2) is 13.8 Å². The second-order valence-electron chi connectivity index (χ2n) is 4.24. The van der Waals surface area contributed by atoms with Gasteiger partial charge in [0.05, 0.1) is 12.0 Å². The molecule has 5 heteroatoms. The minimum Gasteiger partial charge on any atom is -0.348 e. The van der Waals surface area contributed by atoms with E-state index >= 15 is 0 Å². The number of aromatic nitrogens is 2. The van der Waals surface area contributed by atoms with Crippen LogP contribution in [0.25, 0.3) is 0 Å². The van der Waals surface area contributed by atoms with Gasteiger partial charge in [0.15, 0.2) is 0 Å². The summed E-state index contributed by atoms with van der Waals surface area (Å²) >= 11 is 0. The minimum absolute atomic E-state index is 0.207. The number of nitrogens with one attached hydrogen (secondary N) is 2. The first-order valence-corrected chi connectivity index (χ1v) is 5.75. The first kappa shape index (κ1) is 12.7. The van der Waals surface area contributed by atoms with Crippen molar-refractivity contribution < 1.29 is 8.78 Å². The number of halogens is 2. The molecule has 0 aliphatic heterocycles. The molecule has 1 atom stereocenters. The summed E-state index contributed by atoms with van der Waals surface area (Å²) in [5.41, 5.74) is 2.32. The van der Waals surface area contributed by atoms with Crippen molar-refractivity contribution in [3.05, 3.63) is 53.1 Å². The van der Waals surface area contributed by atoms with Crippen molar-refractivity contribution in [1.82, 2.24) is 15.3 Å². The lowest BCUT2D eigenvalue weighted by atomic mass is 10.1. The van der Waals surface area contributed by atoms with Crippen molar-refractivity contribution in [3.8, 4) is 0 Å². The van der Waals surface area contributed by atoms with Gasteiger partial charge in [-0.3, -0.25) is 0 Å². The Morgan fingerprint density at radius 1 is 1.39 bits per heavy atom.